The molecule has 4 nitrogen and oxygen atoms in total. The number of guanidine groups is 1. The molecular formula is C14H20ClF3IN3O. The van der Waals surface area contributed by atoms with Gasteiger partial charge in [0.05, 0.1) is 19.6 Å². The number of aliphatic imine (C=N–C) groups is 1. The smallest absolute Gasteiger partial charge is 0.375 e. The largest absolute Gasteiger partial charge is 0.390 e. The van der Waals surface area contributed by atoms with Crippen molar-refractivity contribution in [3.8, 4) is 0 Å². The molecule has 0 spiro atoms. The van der Waals surface area contributed by atoms with Gasteiger partial charge < -0.3 is 15.4 Å². The second kappa shape index (κ2) is 11.7. The molecule has 1 aromatic rings. The summed E-state index contributed by atoms with van der Waals surface area (Å²) >= 11 is 5.85. The lowest BCUT2D eigenvalue weighted by molar-refractivity contribution is -0.132. The van der Waals surface area contributed by atoms with Crippen LogP contribution in [0.3, 0.4) is 0 Å². The molecule has 2 N–H and O–H groups in total. The second-order valence-corrected chi connectivity index (χ2v) is 4.91. The fourth-order valence-corrected chi connectivity index (χ4v) is 1.81. The van der Waals surface area contributed by atoms with Crippen molar-refractivity contribution < 1.29 is 17.9 Å². The predicted octanol–water partition coefficient (Wildman–Crippen LogP) is 3.59. The highest BCUT2D eigenvalue weighted by Gasteiger charge is 2.26. The maximum absolute atomic E-state index is 12.0. The second-order valence-electron chi connectivity index (χ2n) is 4.47. The van der Waals surface area contributed by atoms with Gasteiger partial charge in [-0.15, -0.1) is 24.0 Å². The third kappa shape index (κ3) is 11.4. The Bertz CT molecular complexity index is 487. The number of benzene rings is 1. The average molecular weight is 466 g/mol. The summed E-state index contributed by atoms with van der Waals surface area (Å²) < 4.78 is 41.5. The predicted molar refractivity (Wildman–Crippen MR) is 96.6 cm³/mol. The molecule has 0 atom stereocenters. The Morgan fingerprint density at radius 3 is 2.57 bits per heavy atom. The Labute approximate surface area is 155 Å². The minimum absolute atomic E-state index is 0. The molecule has 0 saturated carbocycles. The van der Waals surface area contributed by atoms with Crippen LogP contribution in [0.2, 0.25) is 5.02 Å². The van der Waals surface area contributed by atoms with Crippen LogP contribution >= 0.6 is 35.6 Å². The molecule has 0 fully saturated rings. The van der Waals surface area contributed by atoms with Crippen molar-refractivity contribution in [1.29, 1.82) is 0 Å². The van der Waals surface area contributed by atoms with Gasteiger partial charge in [0.1, 0.15) is 0 Å². The summed E-state index contributed by atoms with van der Waals surface area (Å²) in [7, 11) is 1.50. The number of nitrogens with one attached hydrogen (secondary N) is 2. The minimum Gasteiger partial charge on any atom is -0.375 e. The molecule has 0 aromatic heterocycles. The highest BCUT2D eigenvalue weighted by atomic mass is 127. The molecule has 1 aromatic carbocycles. The number of nitrogens with zero attached hydrogens (tertiary/aromatic N) is 1. The molecule has 132 valence electrons. The van der Waals surface area contributed by atoms with Crippen molar-refractivity contribution in [2.24, 2.45) is 4.99 Å². The fourth-order valence-electron chi connectivity index (χ4n) is 1.60. The zero-order chi connectivity index (χ0) is 16.4. The molecule has 0 aliphatic carbocycles. The van der Waals surface area contributed by atoms with Crippen LogP contribution in [-0.4, -0.2) is 38.9 Å². The van der Waals surface area contributed by atoms with Gasteiger partial charge in [-0.05, 0) is 17.7 Å². The summed E-state index contributed by atoms with van der Waals surface area (Å²) in [4.78, 5) is 3.83. The van der Waals surface area contributed by atoms with Gasteiger partial charge in [0.25, 0.3) is 0 Å². The average Bonchev–Trinajstić information content (AvgIpc) is 2.44. The van der Waals surface area contributed by atoms with Gasteiger partial charge in [-0.25, -0.2) is 0 Å². The SMILES string of the molecule is CN=C(NCCOCc1cccc(Cl)c1)NCCC(F)(F)F.I. The molecule has 0 heterocycles. The van der Waals surface area contributed by atoms with Crippen LogP contribution in [0.4, 0.5) is 13.2 Å². The van der Waals surface area contributed by atoms with Crippen molar-refractivity contribution >= 4 is 41.5 Å². The molecule has 23 heavy (non-hydrogen) atoms. The summed E-state index contributed by atoms with van der Waals surface area (Å²) in [5, 5.41) is 6.11. The van der Waals surface area contributed by atoms with Crippen LogP contribution < -0.4 is 10.6 Å². The first kappa shape index (κ1) is 22.3. The normalized spacial score (nSPS) is 11.8. The standard InChI is InChI=1S/C14H19ClF3N3O.HI/c1-19-13(20-6-5-14(16,17)18)21-7-8-22-10-11-3-2-4-12(15)9-11;/h2-4,9H,5-8,10H2,1H3,(H2,19,20,21);1H. The minimum atomic E-state index is -4.17. The van der Waals surface area contributed by atoms with Gasteiger partial charge in [-0.1, -0.05) is 23.7 Å². The Morgan fingerprint density at radius 2 is 1.96 bits per heavy atom. The molecule has 0 unspecified atom stereocenters. The zero-order valence-electron chi connectivity index (χ0n) is 12.6. The van der Waals surface area contributed by atoms with E-state index in [9.17, 15) is 13.2 Å². The molecule has 0 aliphatic rings. The van der Waals surface area contributed by atoms with Crippen LogP contribution in [0, 0.1) is 0 Å². The van der Waals surface area contributed by atoms with E-state index in [0.29, 0.717) is 30.7 Å². The fraction of sp³-hybridized carbons (Fsp3) is 0.500. The first-order chi connectivity index (χ1) is 10.4. The number of alkyl halides is 3. The third-order valence-electron chi connectivity index (χ3n) is 2.62. The maximum atomic E-state index is 12.0. The Balaban J connectivity index is 0.00000484. The topological polar surface area (TPSA) is 45.7 Å². The van der Waals surface area contributed by atoms with Crippen molar-refractivity contribution in [2.45, 2.75) is 19.2 Å². The number of hydrogen-bond acceptors (Lipinski definition) is 2. The van der Waals surface area contributed by atoms with Gasteiger partial charge in [0.2, 0.25) is 0 Å². The van der Waals surface area contributed by atoms with Crippen LogP contribution in [-0.2, 0) is 11.3 Å². The van der Waals surface area contributed by atoms with E-state index in [2.05, 4.69) is 15.6 Å². The summed E-state index contributed by atoms with van der Waals surface area (Å²) in [6.07, 6.45) is -5.08. The van der Waals surface area contributed by atoms with Gasteiger partial charge in [-0.2, -0.15) is 13.2 Å². The van der Waals surface area contributed by atoms with Gasteiger partial charge in [0.15, 0.2) is 5.96 Å². The van der Waals surface area contributed by atoms with E-state index in [-0.39, 0.29) is 30.5 Å². The van der Waals surface area contributed by atoms with Crippen LogP contribution in [0.25, 0.3) is 0 Å². The lowest BCUT2D eigenvalue weighted by Crippen LogP contribution is -2.40. The Morgan fingerprint density at radius 1 is 1.26 bits per heavy atom. The summed E-state index contributed by atoms with van der Waals surface area (Å²) in [6, 6.07) is 7.33. The van der Waals surface area contributed by atoms with E-state index in [4.69, 9.17) is 16.3 Å². The van der Waals surface area contributed by atoms with E-state index >= 15 is 0 Å². The number of halogens is 5. The molecule has 0 radical (unpaired) electrons. The number of ether oxygens (including phenoxy) is 1. The first-order valence-corrected chi connectivity index (χ1v) is 7.12. The van der Waals surface area contributed by atoms with Crippen molar-refractivity contribution in [2.75, 3.05) is 26.7 Å². The summed E-state index contributed by atoms with van der Waals surface area (Å²) in [5.41, 5.74) is 0.959. The Kier molecular flexibility index (Phi) is 11.4. The van der Waals surface area contributed by atoms with Crippen molar-refractivity contribution in [3.63, 3.8) is 0 Å². The maximum Gasteiger partial charge on any atom is 0.390 e. The molecule has 0 saturated heterocycles. The van der Waals surface area contributed by atoms with Gasteiger partial charge in [0, 0.05) is 25.2 Å². The molecular weight excluding hydrogens is 446 g/mol. The van der Waals surface area contributed by atoms with E-state index in [1.54, 1.807) is 6.07 Å². The van der Waals surface area contributed by atoms with E-state index in [1.165, 1.54) is 7.05 Å². The lowest BCUT2D eigenvalue weighted by Gasteiger charge is -2.13. The monoisotopic (exact) mass is 465 g/mol. The number of rotatable bonds is 7. The van der Waals surface area contributed by atoms with Crippen molar-refractivity contribution in [1.82, 2.24) is 10.6 Å². The molecule has 0 aliphatic heterocycles. The molecule has 0 bridgehead atoms. The quantitative estimate of drug-likeness (QED) is 0.280. The van der Waals surface area contributed by atoms with Crippen LogP contribution in [0.15, 0.2) is 29.3 Å². The lowest BCUT2D eigenvalue weighted by atomic mass is 10.2. The number of hydrogen-bond donors (Lipinski definition) is 2. The van der Waals surface area contributed by atoms with Crippen LogP contribution in [0.5, 0.6) is 0 Å². The first-order valence-electron chi connectivity index (χ1n) is 6.74. The third-order valence-corrected chi connectivity index (χ3v) is 2.86. The molecule has 1 rings (SSSR count). The zero-order valence-corrected chi connectivity index (χ0v) is 15.7. The van der Waals surface area contributed by atoms with Crippen LogP contribution in [0.1, 0.15) is 12.0 Å². The van der Waals surface area contributed by atoms with Crippen molar-refractivity contribution in [3.05, 3.63) is 34.9 Å². The van der Waals surface area contributed by atoms with E-state index in [1.807, 2.05) is 18.2 Å². The highest BCUT2D eigenvalue weighted by molar-refractivity contribution is 14.0. The van der Waals surface area contributed by atoms with E-state index in [0.717, 1.165) is 5.56 Å². The Hall–Kier alpha value is -0.740. The molecule has 0 amide bonds. The summed E-state index contributed by atoms with van der Waals surface area (Å²) in [6.45, 7) is 1.04. The highest BCUT2D eigenvalue weighted by Crippen LogP contribution is 2.18. The van der Waals surface area contributed by atoms with E-state index < -0.39 is 12.6 Å². The van der Waals surface area contributed by atoms with Gasteiger partial charge in [-0.3, -0.25) is 4.99 Å². The molecule has 9 heteroatoms. The van der Waals surface area contributed by atoms with Gasteiger partial charge >= 0.3 is 6.18 Å². The summed E-state index contributed by atoms with van der Waals surface area (Å²) in [5.74, 6) is 0.315.